The summed E-state index contributed by atoms with van der Waals surface area (Å²) in [5.74, 6) is 0. The molecule has 0 spiro atoms. The Balaban J connectivity index is 1.95. The fraction of sp³-hybridized carbons (Fsp3) is 0.364. The van der Waals surface area contributed by atoms with Gasteiger partial charge in [-0.2, -0.15) is 0 Å². The van der Waals surface area contributed by atoms with Crippen molar-refractivity contribution in [1.29, 1.82) is 0 Å². The number of thiophene rings is 1. The van der Waals surface area contributed by atoms with Crippen LogP contribution in [0, 0.1) is 0 Å². The molecule has 0 aliphatic carbocycles. The summed E-state index contributed by atoms with van der Waals surface area (Å²) in [5, 5.41) is 5.47. The van der Waals surface area contributed by atoms with Crippen LogP contribution in [-0.2, 0) is 12.8 Å². The minimum Gasteiger partial charge on any atom is -0.330 e. The standard InChI is InChI=1S/C11H14N2S2/c12-5-1-3-9-8-15-11(13-9)7-10-4-2-6-14-10/h2,4,6,8H,1,3,5,7,12H2. The first kappa shape index (κ1) is 10.8. The van der Waals surface area contributed by atoms with Gasteiger partial charge in [0.1, 0.15) is 0 Å². The van der Waals surface area contributed by atoms with Crippen LogP contribution in [0.5, 0.6) is 0 Å². The van der Waals surface area contributed by atoms with Gasteiger partial charge in [0.15, 0.2) is 0 Å². The second-order valence-electron chi connectivity index (χ2n) is 3.38. The maximum atomic E-state index is 5.47. The van der Waals surface area contributed by atoms with Crippen LogP contribution in [0.1, 0.15) is 22.0 Å². The smallest absolute Gasteiger partial charge is 0.0980 e. The van der Waals surface area contributed by atoms with Gasteiger partial charge in [-0.1, -0.05) is 6.07 Å². The monoisotopic (exact) mass is 238 g/mol. The first-order chi connectivity index (χ1) is 7.38. The minimum absolute atomic E-state index is 0.748. The van der Waals surface area contributed by atoms with E-state index in [1.807, 2.05) is 0 Å². The molecule has 4 heteroatoms. The highest BCUT2D eigenvalue weighted by molar-refractivity contribution is 7.11. The molecule has 2 aromatic rings. The summed E-state index contributed by atoms with van der Waals surface area (Å²) in [6.45, 7) is 0.748. The van der Waals surface area contributed by atoms with Gasteiger partial charge >= 0.3 is 0 Å². The van der Waals surface area contributed by atoms with Gasteiger partial charge in [-0.3, -0.25) is 0 Å². The maximum absolute atomic E-state index is 5.47. The lowest BCUT2D eigenvalue weighted by atomic mass is 10.2. The van der Waals surface area contributed by atoms with Crippen molar-refractivity contribution >= 4 is 22.7 Å². The Hall–Kier alpha value is -0.710. The normalized spacial score (nSPS) is 10.7. The van der Waals surface area contributed by atoms with Gasteiger partial charge in [-0.05, 0) is 30.8 Å². The first-order valence-corrected chi connectivity index (χ1v) is 6.80. The quantitative estimate of drug-likeness (QED) is 0.870. The summed E-state index contributed by atoms with van der Waals surface area (Å²) in [6.07, 6.45) is 3.02. The van der Waals surface area contributed by atoms with Crippen molar-refractivity contribution in [2.24, 2.45) is 5.73 Å². The molecule has 0 bridgehead atoms. The second-order valence-corrected chi connectivity index (χ2v) is 5.36. The molecule has 2 N–H and O–H groups in total. The molecule has 15 heavy (non-hydrogen) atoms. The third-order valence-corrected chi connectivity index (χ3v) is 3.92. The molecule has 0 aromatic carbocycles. The zero-order valence-electron chi connectivity index (χ0n) is 8.48. The van der Waals surface area contributed by atoms with Crippen LogP contribution in [0.4, 0.5) is 0 Å². The van der Waals surface area contributed by atoms with E-state index in [0.717, 1.165) is 25.8 Å². The summed E-state index contributed by atoms with van der Waals surface area (Å²) in [5.41, 5.74) is 6.66. The second kappa shape index (κ2) is 5.39. The van der Waals surface area contributed by atoms with Crippen LogP contribution in [0.15, 0.2) is 22.9 Å². The Morgan fingerprint density at radius 1 is 1.33 bits per heavy atom. The molecule has 0 fully saturated rings. The molecule has 2 aromatic heterocycles. The van der Waals surface area contributed by atoms with Crippen molar-refractivity contribution in [2.75, 3.05) is 6.54 Å². The highest BCUT2D eigenvalue weighted by Crippen LogP contribution is 2.18. The van der Waals surface area contributed by atoms with E-state index in [1.54, 1.807) is 22.7 Å². The fourth-order valence-electron chi connectivity index (χ4n) is 1.39. The van der Waals surface area contributed by atoms with E-state index in [-0.39, 0.29) is 0 Å². The SMILES string of the molecule is NCCCc1csc(Cc2cccs2)n1. The molecular weight excluding hydrogens is 224 g/mol. The highest BCUT2D eigenvalue weighted by Gasteiger charge is 2.03. The number of aryl methyl sites for hydroxylation is 1. The molecule has 0 atom stereocenters. The largest absolute Gasteiger partial charge is 0.330 e. The molecule has 2 rings (SSSR count). The summed E-state index contributed by atoms with van der Waals surface area (Å²) in [4.78, 5) is 5.98. The predicted octanol–water partition coefficient (Wildman–Crippen LogP) is 2.69. The number of hydrogen-bond donors (Lipinski definition) is 1. The molecule has 0 saturated heterocycles. The van der Waals surface area contributed by atoms with Crippen molar-refractivity contribution in [1.82, 2.24) is 4.98 Å². The van der Waals surface area contributed by atoms with Crippen LogP contribution in [0.2, 0.25) is 0 Å². The summed E-state index contributed by atoms with van der Waals surface area (Å²) in [7, 11) is 0. The Morgan fingerprint density at radius 3 is 3.00 bits per heavy atom. The number of nitrogens with two attached hydrogens (primary N) is 1. The van der Waals surface area contributed by atoms with Crippen molar-refractivity contribution in [3.05, 3.63) is 38.5 Å². The Morgan fingerprint density at radius 2 is 2.27 bits per heavy atom. The predicted molar refractivity (Wildman–Crippen MR) is 66.6 cm³/mol. The number of aromatic nitrogens is 1. The lowest BCUT2D eigenvalue weighted by molar-refractivity contribution is 0.812. The number of rotatable bonds is 5. The molecule has 0 unspecified atom stereocenters. The summed E-state index contributed by atoms with van der Waals surface area (Å²) in [6, 6.07) is 4.24. The van der Waals surface area contributed by atoms with E-state index in [9.17, 15) is 0 Å². The van der Waals surface area contributed by atoms with Crippen molar-refractivity contribution < 1.29 is 0 Å². The maximum Gasteiger partial charge on any atom is 0.0980 e. The molecule has 0 radical (unpaired) electrons. The minimum atomic E-state index is 0.748. The van der Waals surface area contributed by atoms with Gasteiger partial charge in [0, 0.05) is 16.7 Å². The summed E-state index contributed by atoms with van der Waals surface area (Å²) >= 11 is 3.54. The third-order valence-electron chi connectivity index (χ3n) is 2.14. The highest BCUT2D eigenvalue weighted by atomic mass is 32.1. The number of hydrogen-bond acceptors (Lipinski definition) is 4. The van der Waals surface area contributed by atoms with Crippen LogP contribution in [0.25, 0.3) is 0 Å². The Bertz CT molecular complexity index is 392. The van der Waals surface area contributed by atoms with Gasteiger partial charge in [0.2, 0.25) is 0 Å². The zero-order valence-corrected chi connectivity index (χ0v) is 10.1. The molecule has 80 valence electrons. The van der Waals surface area contributed by atoms with E-state index >= 15 is 0 Å². The third kappa shape index (κ3) is 3.12. The van der Waals surface area contributed by atoms with Gasteiger partial charge in [0.25, 0.3) is 0 Å². The molecular formula is C11H14N2S2. The Labute approximate surface area is 97.8 Å². The molecule has 2 nitrogen and oxygen atoms in total. The Kier molecular flexibility index (Phi) is 3.88. The first-order valence-electron chi connectivity index (χ1n) is 5.04. The average molecular weight is 238 g/mol. The van der Waals surface area contributed by atoms with Crippen LogP contribution >= 0.6 is 22.7 Å². The zero-order chi connectivity index (χ0) is 10.5. The van der Waals surface area contributed by atoms with Gasteiger partial charge in [0.05, 0.1) is 10.7 Å². The van der Waals surface area contributed by atoms with E-state index in [4.69, 9.17) is 5.73 Å². The number of thiazole rings is 1. The molecule has 0 aliphatic heterocycles. The van der Waals surface area contributed by atoms with Crippen molar-refractivity contribution in [3.8, 4) is 0 Å². The van der Waals surface area contributed by atoms with E-state index < -0.39 is 0 Å². The van der Waals surface area contributed by atoms with Gasteiger partial charge in [-0.25, -0.2) is 4.98 Å². The molecule has 0 saturated carbocycles. The van der Waals surface area contributed by atoms with E-state index in [1.165, 1.54) is 15.6 Å². The van der Waals surface area contributed by atoms with Crippen molar-refractivity contribution in [3.63, 3.8) is 0 Å². The van der Waals surface area contributed by atoms with Crippen molar-refractivity contribution in [2.45, 2.75) is 19.3 Å². The molecule has 0 aliphatic rings. The fourth-order valence-corrected chi connectivity index (χ4v) is 3.04. The van der Waals surface area contributed by atoms with E-state index in [0.29, 0.717) is 0 Å². The lowest BCUT2D eigenvalue weighted by Crippen LogP contribution is -2.00. The van der Waals surface area contributed by atoms with E-state index in [2.05, 4.69) is 27.9 Å². The van der Waals surface area contributed by atoms with Crippen LogP contribution < -0.4 is 5.73 Å². The average Bonchev–Trinajstić information content (AvgIpc) is 2.87. The summed E-state index contributed by atoms with van der Waals surface area (Å²) < 4.78 is 0. The molecule has 2 heterocycles. The van der Waals surface area contributed by atoms with Crippen LogP contribution in [0.3, 0.4) is 0 Å². The lowest BCUT2D eigenvalue weighted by Gasteiger charge is -1.93. The van der Waals surface area contributed by atoms with Gasteiger partial charge in [-0.15, -0.1) is 22.7 Å². The molecule has 0 amide bonds. The topological polar surface area (TPSA) is 38.9 Å². The number of nitrogens with zero attached hydrogens (tertiary/aromatic N) is 1. The van der Waals surface area contributed by atoms with Crippen LogP contribution in [-0.4, -0.2) is 11.5 Å². The van der Waals surface area contributed by atoms with Gasteiger partial charge < -0.3 is 5.73 Å².